The highest BCUT2D eigenvalue weighted by atomic mass is 15.1. The van der Waals surface area contributed by atoms with Crippen molar-refractivity contribution in [3.05, 3.63) is 0 Å². The van der Waals surface area contributed by atoms with E-state index >= 15 is 0 Å². The Balaban J connectivity index is 3.26. The fourth-order valence-corrected chi connectivity index (χ4v) is 2.10. The molecule has 0 amide bonds. The van der Waals surface area contributed by atoms with Crippen molar-refractivity contribution in [1.29, 1.82) is 0 Å². The van der Waals surface area contributed by atoms with E-state index in [1.807, 2.05) is 0 Å². The molecule has 0 aromatic heterocycles. The standard InChI is InChI=1S/C14H32N2/c1-5-15(6-2)13-11-9-10-12-14-16(7-3)8-4/h5-14H2,1-4H3. The van der Waals surface area contributed by atoms with Gasteiger partial charge in [0.05, 0.1) is 0 Å². The van der Waals surface area contributed by atoms with Gasteiger partial charge in [0.2, 0.25) is 0 Å². The Morgan fingerprint density at radius 3 is 1.06 bits per heavy atom. The summed E-state index contributed by atoms with van der Waals surface area (Å²) in [4.78, 5) is 5.04. The lowest BCUT2D eigenvalue weighted by molar-refractivity contribution is 0.282. The third kappa shape index (κ3) is 8.12. The maximum atomic E-state index is 2.52. The van der Waals surface area contributed by atoms with Gasteiger partial charge in [0.25, 0.3) is 0 Å². The Morgan fingerprint density at radius 2 is 0.812 bits per heavy atom. The van der Waals surface area contributed by atoms with Crippen LogP contribution in [0.4, 0.5) is 0 Å². The van der Waals surface area contributed by atoms with Gasteiger partial charge in [-0.05, 0) is 52.1 Å². The normalized spacial score (nSPS) is 11.6. The van der Waals surface area contributed by atoms with Gasteiger partial charge in [0, 0.05) is 0 Å². The van der Waals surface area contributed by atoms with Crippen molar-refractivity contribution in [3.8, 4) is 0 Å². The van der Waals surface area contributed by atoms with Crippen LogP contribution >= 0.6 is 0 Å². The first-order valence-electron chi connectivity index (χ1n) is 7.23. The summed E-state index contributed by atoms with van der Waals surface area (Å²) in [5, 5.41) is 0. The lowest BCUT2D eigenvalue weighted by Crippen LogP contribution is -2.24. The molecule has 0 bridgehead atoms. The second kappa shape index (κ2) is 11.4. The molecule has 0 atom stereocenters. The van der Waals surface area contributed by atoms with Crippen LogP contribution in [0.25, 0.3) is 0 Å². The van der Waals surface area contributed by atoms with Crippen LogP contribution in [0.1, 0.15) is 53.4 Å². The molecule has 0 aliphatic heterocycles. The largest absolute Gasteiger partial charge is 0.304 e. The van der Waals surface area contributed by atoms with Crippen molar-refractivity contribution in [2.45, 2.75) is 53.4 Å². The Hall–Kier alpha value is -0.0800. The molecule has 0 aromatic carbocycles. The molecule has 0 aliphatic carbocycles. The predicted octanol–water partition coefficient (Wildman–Crippen LogP) is 3.23. The van der Waals surface area contributed by atoms with Crippen molar-refractivity contribution in [3.63, 3.8) is 0 Å². The molecule has 0 fully saturated rings. The minimum Gasteiger partial charge on any atom is -0.304 e. The predicted molar refractivity (Wildman–Crippen MR) is 74.0 cm³/mol. The van der Waals surface area contributed by atoms with E-state index < -0.39 is 0 Å². The van der Waals surface area contributed by atoms with Crippen molar-refractivity contribution >= 4 is 0 Å². The van der Waals surface area contributed by atoms with Gasteiger partial charge < -0.3 is 9.80 Å². The van der Waals surface area contributed by atoms with Gasteiger partial charge >= 0.3 is 0 Å². The zero-order valence-corrected chi connectivity index (χ0v) is 12.0. The van der Waals surface area contributed by atoms with E-state index in [0.717, 1.165) is 0 Å². The molecule has 0 radical (unpaired) electrons. The van der Waals surface area contributed by atoms with E-state index in [1.54, 1.807) is 0 Å². The van der Waals surface area contributed by atoms with Crippen molar-refractivity contribution < 1.29 is 0 Å². The van der Waals surface area contributed by atoms with E-state index in [0.29, 0.717) is 0 Å². The van der Waals surface area contributed by atoms with Gasteiger partial charge in [0.1, 0.15) is 0 Å². The lowest BCUT2D eigenvalue weighted by atomic mass is 10.2. The molecule has 0 N–H and O–H groups in total. The minimum atomic E-state index is 1.20. The molecule has 0 rings (SSSR count). The average molecular weight is 228 g/mol. The highest BCUT2D eigenvalue weighted by molar-refractivity contribution is 4.55. The number of hydrogen-bond donors (Lipinski definition) is 0. The van der Waals surface area contributed by atoms with Crippen molar-refractivity contribution in [2.75, 3.05) is 39.3 Å². The zero-order valence-electron chi connectivity index (χ0n) is 12.0. The molecular formula is C14H32N2. The highest BCUT2D eigenvalue weighted by Gasteiger charge is 2.00. The molecular weight excluding hydrogens is 196 g/mol. The fourth-order valence-electron chi connectivity index (χ4n) is 2.10. The van der Waals surface area contributed by atoms with E-state index in [9.17, 15) is 0 Å². The maximum absolute atomic E-state index is 2.52. The summed E-state index contributed by atoms with van der Waals surface area (Å²) in [6.07, 6.45) is 5.55. The van der Waals surface area contributed by atoms with Crippen LogP contribution in [0.3, 0.4) is 0 Å². The molecule has 0 aliphatic rings. The fraction of sp³-hybridized carbons (Fsp3) is 1.00. The molecule has 16 heavy (non-hydrogen) atoms. The molecule has 0 saturated carbocycles. The first-order valence-corrected chi connectivity index (χ1v) is 7.23. The van der Waals surface area contributed by atoms with Crippen molar-refractivity contribution in [1.82, 2.24) is 9.80 Å². The quantitative estimate of drug-likeness (QED) is 0.501. The number of unbranched alkanes of at least 4 members (excludes halogenated alkanes) is 3. The summed E-state index contributed by atoms with van der Waals surface area (Å²) in [6.45, 7) is 16.4. The van der Waals surface area contributed by atoms with Crippen LogP contribution < -0.4 is 0 Å². The van der Waals surface area contributed by atoms with Crippen LogP contribution in [0.5, 0.6) is 0 Å². The van der Waals surface area contributed by atoms with Crippen LogP contribution in [-0.2, 0) is 0 Å². The van der Waals surface area contributed by atoms with Crippen molar-refractivity contribution in [2.24, 2.45) is 0 Å². The highest BCUT2D eigenvalue weighted by Crippen LogP contribution is 2.03. The second-order valence-corrected chi connectivity index (χ2v) is 4.47. The monoisotopic (exact) mass is 228 g/mol. The van der Waals surface area contributed by atoms with Crippen LogP contribution in [0.15, 0.2) is 0 Å². The zero-order chi connectivity index (χ0) is 12.2. The Bertz CT molecular complexity index is 113. The second-order valence-electron chi connectivity index (χ2n) is 4.47. The molecule has 0 heterocycles. The summed E-state index contributed by atoms with van der Waals surface area (Å²) in [5.41, 5.74) is 0. The van der Waals surface area contributed by atoms with E-state index in [2.05, 4.69) is 37.5 Å². The molecule has 0 spiro atoms. The average Bonchev–Trinajstić information content (AvgIpc) is 2.33. The van der Waals surface area contributed by atoms with E-state index in [1.165, 1.54) is 65.0 Å². The number of nitrogens with zero attached hydrogens (tertiary/aromatic N) is 2. The molecule has 0 aromatic rings. The minimum absolute atomic E-state index is 1.20. The molecule has 0 unspecified atom stereocenters. The number of hydrogen-bond acceptors (Lipinski definition) is 2. The molecule has 98 valence electrons. The Morgan fingerprint density at radius 1 is 0.500 bits per heavy atom. The SMILES string of the molecule is CCN(CC)CCCCCCN(CC)CC. The third-order valence-corrected chi connectivity index (χ3v) is 3.49. The molecule has 2 nitrogen and oxygen atoms in total. The van der Waals surface area contributed by atoms with Gasteiger partial charge in [0.15, 0.2) is 0 Å². The summed E-state index contributed by atoms with van der Waals surface area (Å²) in [6, 6.07) is 0. The lowest BCUT2D eigenvalue weighted by Gasteiger charge is -2.19. The van der Waals surface area contributed by atoms with Gasteiger partial charge in [-0.25, -0.2) is 0 Å². The summed E-state index contributed by atoms with van der Waals surface area (Å²) in [5.74, 6) is 0. The number of rotatable bonds is 11. The maximum Gasteiger partial charge on any atom is -0.00190 e. The summed E-state index contributed by atoms with van der Waals surface area (Å²) < 4.78 is 0. The summed E-state index contributed by atoms with van der Waals surface area (Å²) in [7, 11) is 0. The Labute approximate surface area is 103 Å². The Kier molecular flexibility index (Phi) is 11.3. The smallest absolute Gasteiger partial charge is 0.00190 e. The third-order valence-electron chi connectivity index (χ3n) is 3.49. The first-order chi connectivity index (χ1) is 7.78. The van der Waals surface area contributed by atoms with E-state index in [4.69, 9.17) is 0 Å². The van der Waals surface area contributed by atoms with Gasteiger partial charge in [-0.3, -0.25) is 0 Å². The van der Waals surface area contributed by atoms with Crippen LogP contribution in [-0.4, -0.2) is 49.1 Å². The van der Waals surface area contributed by atoms with Crippen LogP contribution in [0.2, 0.25) is 0 Å². The topological polar surface area (TPSA) is 6.48 Å². The summed E-state index contributed by atoms with van der Waals surface area (Å²) >= 11 is 0. The van der Waals surface area contributed by atoms with Gasteiger partial charge in [-0.1, -0.05) is 40.5 Å². The van der Waals surface area contributed by atoms with E-state index in [-0.39, 0.29) is 0 Å². The first kappa shape index (κ1) is 15.9. The van der Waals surface area contributed by atoms with Crippen LogP contribution in [0, 0.1) is 0 Å². The van der Waals surface area contributed by atoms with Gasteiger partial charge in [-0.15, -0.1) is 0 Å². The molecule has 2 heteroatoms. The van der Waals surface area contributed by atoms with Gasteiger partial charge in [-0.2, -0.15) is 0 Å². The molecule has 0 saturated heterocycles.